The highest BCUT2D eigenvalue weighted by Crippen LogP contribution is 2.31. The highest BCUT2D eigenvalue weighted by Gasteiger charge is 2.20. The van der Waals surface area contributed by atoms with E-state index in [1.54, 1.807) is 24.3 Å². The number of aromatic carboxylic acids is 1. The number of methoxy groups -OCH3 is 1. The average molecular weight is 286 g/mol. The molecule has 0 saturated carbocycles. The zero-order valence-electron chi connectivity index (χ0n) is 11.6. The van der Waals surface area contributed by atoms with Crippen molar-refractivity contribution in [3.63, 3.8) is 0 Å². The molecule has 2 rings (SSSR count). The van der Waals surface area contributed by atoms with Crippen LogP contribution < -0.4 is 9.47 Å². The van der Waals surface area contributed by atoms with Gasteiger partial charge in [-0.15, -0.1) is 0 Å². The highest BCUT2D eigenvalue weighted by molar-refractivity contribution is 5.96. The van der Waals surface area contributed by atoms with Crippen LogP contribution in [-0.2, 0) is 0 Å². The molecule has 0 fully saturated rings. The number of benzene rings is 2. The minimum Gasteiger partial charge on any atom is -0.493 e. The molecule has 0 radical (unpaired) electrons. The van der Waals surface area contributed by atoms with Gasteiger partial charge in [-0.25, -0.2) is 9.59 Å². The van der Waals surface area contributed by atoms with Crippen LogP contribution in [0.25, 0.3) is 0 Å². The zero-order valence-corrected chi connectivity index (χ0v) is 11.6. The van der Waals surface area contributed by atoms with Crippen LogP contribution in [0.15, 0.2) is 42.5 Å². The molecule has 21 heavy (non-hydrogen) atoms. The Morgan fingerprint density at radius 1 is 1.05 bits per heavy atom. The van der Waals surface area contributed by atoms with E-state index in [1.165, 1.54) is 25.3 Å². The largest absolute Gasteiger partial charge is 0.493 e. The molecule has 108 valence electrons. The molecular formula is C16H14O5. The molecule has 2 aromatic carbocycles. The van der Waals surface area contributed by atoms with E-state index < -0.39 is 11.9 Å². The number of ether oxygens (including phenoxy) is 2. The van der Waals surface area contributed by atoms with Crippen LogP contribution in [0.2, 0.25) is 0 Å². The first-order valence-corrected chi connectivity index (χ1v) is 6.22. The van der Waals surface area contributed by atoms with Gasteiger partial charge in [0, 0.05) is 0 Å². The summed E-state index contributed by atoms with van der Waals surface area (Å²) in [5.41, 5.74) is 1.22. The lowest BCUT2D eigenvalue weighted by atomic mass is 10.1. The molecule has 0 aliphatic heterocycles. The molecule has 0 aliphatic carbocycles. The predicted octanol–water partition coefficient (Wildman–Crippen LogP) is 2.92. The van der Waals surface area contributed by atoms with Gasteiger partial charge in [0.25, 0.3) is 0 Å². The van der Waals surface area contributed by atoms with Gasteiger partial charge >= 0.3 is 11.9 Å². The minimum absolute atomic E-state index is 0.0990. The van der Waals surface area contributed by atoms with E-state index in [0.717, 1.165) is 5.56 Å². The van der Waals surface area contributed by atoms with E-state index in [1.807, 2.05) is 6.92 Å². The van der Waals surface area contributed by atoms with E-state index in [2.05, 4.69) is 0 Å². The SMILES string of the molecule is COc1cccc(C(=O)O)c1OC(=O)c1ccc(C)cc1. The Bertz CT molecular complexity index is 674. The van der Waals surface area contributed by atoms with E-state index in [-0.39, 0.29) is 17.1 Å². The number of carboxylic acids is 1. The summed E-state index contributed by atoms with van der Waals surface area (Å²) >= 11 is 0. The van der Waals surface area contributed by atoms with Crippen LogP contribution in [0.1, 0.15) is 26.3 Å². The second-order valence-electron chi connectivity index (χ2n) is 4.40. The monoisotopic (exact) mass is 286 g/mol. The maximum atomic E-state index is 12.1. The third kappa shape index (κ3) is 3.20. The summed E-state index contributed by atoms with van der Waals surface area (Å²) < 4.78 is 10.3. The Labute approximate surface area is 121 Å². The Balaban J connectivity index is 2.36. The zero-order chi connectivity index (χ0) is 15.4. The molecule has 0 heterocycles. The van der Waals surface area contributed by atoms with Crippen molar-refractivity contribution in [3.8, 4) is 11.5 Å². The van der Waals surface area contributed by atoms with Gasteiger partial charge in [0.1, 0.15) is 5.56 Å². The fourth-order valence-corrected chi connectivity index (χ4v) is 1.79. The normalized spacial score (nSPS) is 10.0. The van der Waals surface area contributed by atoms with Crippen LogP contribution in [-0.4, -0.2) is 24.2 Å². The van der Waals surface area contributed by atoms with Gasteiger partial charge in [0.05, 0.1) is 12.7 Å². The maximum absolute atomic E-state index is 12.1. The van der Waals surface area contributed by atoms with Crippen molar-refractivity contribution < 1.29 is 24.2 Å². The Morgan fingerprint density at radius 3 is 2.29 bits per heavy atom. The van der Waals surface area contributed by atoms with Crippen molar-refractivity contribution in [2.24, 2.45) is 0 Å². The van der Waals surface area contributed by atoms with Crippen molar-refractivity contribution in [1.82, 2.24) is 0 Å². The quantitative estimate of drug-likeness (QED) is 0.691. The van der Waals surface area contributed by atoms with Crippen LogP contribution in [0.5, 0.6) is 11.5 Å². The first-order valence-electron chi connectivity index (χ1n) is 6.22. The topological polar surface area (TPSA) is 72.8 Å². The summed E-state index contributed by atoms with van der Waals surface area (Å²) in [5.74, 6) is -1.74. The standard InChI is InChI=1S/C16H14O5/c1-10-6-8-11(9-7-10)16(19)21-14-12(15(17)18)4-3-5-13(14)20-2/h3-9H,1-2H3,(H,17,18). The van der Waals surface area contributed by atoms with Gasteiger partial charge in [-0.05, 0) is 31.2 Å². The lowest BCUT2D eigenvalue weighted by Crippen LogP contribution is -2.12. The summed E-state index contributed by atoms with van der Waals surface area (Å²) in [5, 5.41) is 9.16. The first-order chi connectivity index (χ1) is 10.0. The molecule has 0 aliphatic rings. The number of rotatable bonds is 4. The van der Waals surface area contributed by atoms with Crippen molar-refractivity contribution in [2.45, 2.75) is 6.92 Å². The highest BCUT2D eigenvalue weighted by atomic mass is 16.6. The summed E-state index contributed by atoms with van der Waals surface area (Å²) in [6, 6.07) is 11.2. The second kappa shape index (κ2) is 6.09. The van der Waals surface area contributed by atoms with Crippen LogP contribution in [0.3, 0.4) is 0 Å². The van der Waals surface area contributed by atoms with Crippen LogP contribution >= 0.6 is 0 Å². The summed E-state index contributed by atoms with van der Waals surface area (Å²) in [6.45, 7) is 1.90. The summed E-state index contributed by atoms with van der Waals surface area (Å²) in [6.07, 6.45) is 0. The fourth-order valence-electron chi connectivity index (χ4n) is 1.79. The van der Waals surface area contributed by atoms with Gasteiger partial charge in [-0.1, -0.05) is 23.8 Å². The number of carboxylic acid groups (broad SMARTS) is 1. The first kappa shape index (κ1) is 14.6. The number of esters is 1. The van der Waals surface area contributed by atoms with Gasteiger partial charge < -0.3 is 14.6 Å². The van der Waals surface area contributed by atoms with Crippen molar-refractivity contribution in [3.05, 3.63) is 59.2 Å². The Kier molecular flexibility index (Phi) is 4.23. The summed E-state index contributed by atoms with van der Waals surface area (Å²) in [4.78, 5) is 23.3. The Hall–Kier alpha value is -2.82. The van der Waals surface area contributed by atoms with E-state index in [0.29, 0.717) is 5.56 Å². The molecule has 0 unspecified atom stereocenters. The molecular weight excluding hydrogens is 272 g/mol. The molecule has 0 saturated heterocycles. The molecule has 0 spiro atoms. The van der Waals surface area contributed by atoms with Gasteiger partial charge in [-0.2, -0.15) is 0 Å². The van der Waals surface area contributed by atoms with E-state index in [9.17, 15) is 9.59 Å². The molecule has 0 bridgehead atoms. The third-order valence-electron chi connectivity index (χ3n) is 2.91. The Morgan fingerprint density at radius 2 is 1.71 bits per heavy atom. The third-order valence-corrected chi connectivity index (χ3v) is 2.91. The number of carbonyl (C=O) groups is 2. The second-order valence-corrected chi connectivity index (χ2v) is 4.40. The van der Waals surface area contributed by atoms with Gasteiger partial charge in [-0.3, -0.25) is 0 Å². The van der Waals surface area contributed by atoms with Crippen molar-refractivity contribution >= 4 is 11.9 Å². The molecule has 0 aromatic heterocycles. The summed E-state index contributed by atoms with van der Waals surface area (Å²) in [7, 11) is 1.38. The average Bonchev–Trinajstić information content (AvgIpc) is 2.47. The molecule has 5 nitrogen and oxygen atoms in total. The molecule has 5 heteroatoms. The van der Waals surface area contributed by atoms with Crippen molar-refractivity contribution in [1.29, 1.82) is 0 Å². The lowest BCUT2D eigenvalue weighted by Gasteiger charge is -2.11. The molecule has 2 aromatic rings. The molecule has 1 N–H and O–H groups in total. The number of para-hydroxylation sites is 1. The fraction of sp³-hybridized carbons (Fsp3) is 0.125. The van der Waals surface area contributed by atoms with Gasteiger partial charge in [0.15, 0.2) is 11.5 Å². The van der Waals surface area contributed by atoms with Crippen LogP contribution in [0.4, 0.5) is 0 Å². The minimum atomic E-state index is -1.19. The maximum Gasteiger partial charge on any atom is 0.343 e. The van der Waals surface area contributed by atoms with Crippen LogP contribution in [0, 0.1) is 6.92 Å². The smallest absolute Gasteiger partial charge is 0.343 e. The van der Waals surface area contributed by atoms with Crippen molar-refractivity contribution in [2.75, 3.05) is 7.11 Å². The number of hydrogen-bond donors (Lipinski definition) is 1. The predicted molar refractivity (Wildman–Crippen MR) is 76.1 cm³/mol. The number of aryl methyl sites for hydroxylation is 1. The number of hydrogen-bond acceptors (Lipinski definition) is 4. The lowest BCUT2D eigenvalue weighted by molar-refractivity contribution is 0.0678. The van der Waals surface area contributed by atoms with E-state index >= 15 is 0 Å². The molecule has 0 amide bonds. The van der Waals surface area contributed by atoms with E-state index in [4.69, 9.17) is 14.6 Å². The van der Waals surface area contributed by atoms with Gasteiger partial charge in [0.2, 0.25) is 0 Å². The molecule has 0 atom stereocenters. The number of carbonyl (C=O) groups excluding carboxylic acids is 1.